The highest BCUT2D eigenvalue weighted by Gasteiger charge is 2.26. The molecule has 96 valence electrons. The summed E-state index contributed by atoms with van der Waals surface area (Å²) < 4.78 is 2.24. The predicted octanol–water partition coefficient (Wildman–Crippen LogP) is 2.08. The van der Waals surface area contributed by atoms with Gasteiger partial charge in [-0.3, -0.25) is 4.90 Å². The van der Waals surface area contributed by atoms with Crippen LogP contribution in [0.5, 0.6) is 0 Å². The zero-order valence-corrected chi connectivity index (χ0v) is 11.5. The van der Waals surface area contributed by atoms with Crippen LogP contribution in [-0.2, 0) is 7.05 Å². The maximum atomic E-state index is 3.43. The van der Waals surface area contributed by atoms with E-state index in [-0.39, 0.29) is 0 Å². The maximum absolute atomic E-state index is 3.43. The van der Waals surface area contributed by atoms with Gasteiger partial charge in [-0.05, 0) is 23.6 Å². The summed E-state index contributed by atoms with van der Waals surface area (Å²) in [6.45, 7) is 4.42. The monoisotopic (exact) mass is 261 g/mol. The summed E-state index contributed by atoms with van der Waals surface area (Å²) in [5.41, 5.74) is 1.39. The van der Waals surface area contributed by atoms with Crippen LogP contribution in [0, 0.1) is 0 Å². The lowest BCUT2D eigenvalue weighted by Crippen LogP contribution is -2.45. The van der Waals surface area contributed by atoms with Crippen LogP contribution in [-0.4, -0.2) is 35.6 Å². The molecule has 1 aliphatic rings. The Morgan fingerprint density at radius 3 is 2.67 bits per heavy atom. The number of piperazine rings is 1. The highest BCUT2D eigenvalue weighted by Crippen LogP contribution is 2.31. The number of thiophene rings is 1. The first kappa shape index (κ1) is 12.0. The van der Waals surface area contributed by atoms with Gasteiger partial charge in [0.1, 0.15) is 0 Å². The summed E-state index contributed by atoms with van der Waals surface area (Å²) >= 11 is 1.86. The van der Waals surface area contributed by atoms with Gasteiger partial charge in [0.05, 0.1) is 6.04 Å². The molecular weight excluding hydrogens is 242 g/mol. The number of aryl methyl sites for hydroxylation is 1. The lowest BCUT2D eigenvalue weighted by Gasteiger charge is -2.34. The van der Waals surface area contributed by atoms with Gasteiger partial charge < -0.3 is 9.88 Å². The van der Waals surface area contributed by atoms with Gasteiger partial charge in [0.15, 0.2) is 0 Å². The van der Waals surface area contributed by atoms with Crippen molar-refractivity contribution in [2.24, 2.45) is 7.05 Å². The Kier molecular flexibility index (Phi) is 3.50. The van der Waals surface area contributed by atoms with Crippen molar-refractivity contribution in [1.29, 1.82) is 0 Å². The zero-order valence-electron chi connectivity index (χ0n) is 10.7. The fourth-order valence-electron chi connectivity index (χ4n) is 2.66. The van der Waals surface area contributed by atoms with E-state index in [2.05, 4.69) is 57.7 Å². The van der Waals surface area contributed by atoms with Gasteiger partial charge in [-0.1, -0.05) is 6.07 Å². The largest absolute Gasteiger partial charge is 0.353 e. The summed E-state index contributed by atoms with van der Waals surface area (Å²) in [7, 11) is 2.14. The smallest absolute Gasteiger partial charge is 0.0850 e. The second kappa shape index (κ2) is 5.26. The lowest BCUT2D eigenvalue weighted by atomic mass is 10.1. The maximum Gasteiger partial charge on any atom is 0.0850 e. The normalized spacial score (nSPS) is 18.9. The number of hydrogen-bond acceptors (Lipinski definition) is 3. The van der Waals surface area contributed by atoms with Crippen molar-refractivity contribution in [3.8, 4) is 0 Å². The zero-order chi connectivity index (χ0) is 12.4. The van der Waals surface area contributed by atoms with Crippen molar-refractivity contribution in [2.75, 3.05) is 26.2 Å². The molecule has 0 aromatic carbocycles. The molecule has 3 heterocycles. The Morgan fingerprint density at radius 1 is 1.22 bits per heavy atom. The number of nitrogens with zero attached hydrogens (tertiary/aromatic N) is 2. The van der Waals surface area contributed by atoms with Crippen LogP contribution in [0.25, 0.3) is 0 Å². The molecule has 1 fully saturated rings. The number of rotatable bonds is 3. The molecule has 1 saturated heterocycles. The summed E-state index contributed by atoms with van der Waals surface area (Å²) in [6, 6.07) is 9.19. The van der Waals surface area contributed by atoms with Crippen molar-refractivity contribution in [3.63, 3.8) is 0 Å². The highest BCUT2D eigenvalue weighted by molar-refractivity contribution is 7.10. The van der Waals surface area contributed by atoms with E-state index in [1.165, 1.54) is 10.6 Å². The van der Waals surface area contributed by atoms with E-state index in [0.29, 0.717) is 6.04 Å². The Labute approximate surface area is 112 Å². The van der Waals surface area contributed by atoms with Gasteiger partial charge in [0.25, 0.3) is 0 Å². The molecule has 2 aromatic heterocycles. The molecular formula is C14H19N3S. The van der Waals surface area contributed by atoms with Gasteiger partial charge in [0, 0.05) is 50.0 Å². The topological polar surface area (TPSA) is 20.2 Å². The third-order valence-electron chi connectivity index (χ3n) is 3.59. The van der Waals surface area contributed by atoms with Crippen LogP contribution in [0.15, 0.2) is 35.8 Å². The van der Waals surface area contributed by atoms with E-state index in [1.807, 2.05) is 11.3 Å². The molecule has 18 heavy (non-hydrogen) atoms. The average Bonchev–Trinajstić information content (AvgIpc) is 3.05. The number of aromatic nitrogens is 1. The highest BCUT2D eigenvalue weighted by atomic mass is 32.1. The Morgan fingerprint density at radius 2 is 2.06 bits per heavy atom. The van der Waals surface area contributed by atoms with E-state index in [4.69, 9.17) is 0 Å². The molecule has 0 spiro atoms. The minimum absolute atomic E-state index is 0.409. The van der Waals surface area contributed by atoms with Crippen LogP contribution in [0.4, 0.5) is 0 Å². The first-order chi connectivity index (χ1) is 8.86. The fourth-order valence-corrected chi connectivity index (χ4v) is 3.53. The van der Waals surface area contributed by atoms with Crippen LogP contribution in [0.2, 0.25) is 0 Å². The summed E-state index contributed by atoms with van der Waals surface area (Å²) in [5.74, 6) is 0. The second-order valence-corrected chi connectivity index (χ2v) is 5.73. The molecule has 2 aromatic rings. The first-order valence-electron chi connectivity index (χ1n) is 6.45. The van der Waals surface area contributed by atoms with Crippen molar-refractivity contribution >= 4 is 11.3 Å². The van der Waals surface area contributed by atoms with Crippen molar-refractivity contribution in [1.82, 2.24) is 14.8 Å². The molecule has 0 radical (unpaired) electrons. The molecule has 1 N–H and O–H groups in total. The molecule has 0 bridgehead atoms. The van der Waals surface area contributed by atoms with E-state index in [9.17, 15) is 0 Å². The molecule has 3 nitrogen and oxygen atoms in total. The molecule has 0 aliphatic carbocycles. The van der Waals surface area contributed by atoms with Crippen LogP contribution in [0.3, 0.4) is 0 Å². The Hall–Kier alpha value is -1.10. The van der Waals surface area contributed by atoms with Gasteiger partial charge in [-0.25, -0.2) is 0 Å². The number of nitrogens with one attached hydrogen (secondary N) is 1. The van der Waals surface area contributed by atoms with Gasteiger partial charge in [-0.2, -0.15) is 0 Å². The van der Waals surface area contributed by atoms with Crippen LogP contribution >= 0.6 is 11.3 Å². The molecule has 4 heteroatoms. The van der Waals surface area contributed by atoms with Crippen molar-refractivity contribution in [3.05, 3.63) is 46.4 Å². The molecule has 1 aliphatic heterocycles. The SMILES string of the molecule is Cn1cccc1[C@@H](c1cccs1)N1CCNCC1. The summed E-state index contributed by atoms with van der Waals surface area (Å²) in [6.07, 6.45) is 2.14. The van der Waals surface area contributed by atoms with Gasteiger partial charge >= 0.3 is 0 Å². The lowest BCUT2D eigenvalue weighted by molar-refractivity contribution is 0.195. The average molecular weight is 261 g/mol. The first-order valence-corrected chi connectivity index (χ1v) is 7.33. The summed E-state index contributed by atoms with van der Waals surface area (Å²) in [5, 5.41) is 5.60. The van der Waals surface area contributed by atoms with Crippen molar-refractivity contribution < 1.29 is 0 Å². The quantitative estimate of drug-likeness (QED) is 0.913. The predicted molar refractivity (Wildman–Crippen MR) is 76.0 cm³/mol. The standard InChI is InChI=1S/C14H19N3S/c1-16-8-2-4-12(16)14(13-5-3-11-18-13)17-9-6-15-7-10-17/h2-5,8,11,14-15H,6-7,9-10H2,1H3/t14-/m0/s1. The van der Waals surface area contributed by atoms with E-state index < -0.39 is 0 Å². The van der Waals surface area contributed by atoms with Gasteiger partial charge in [-0.15, -0.1) is 11.3 Å². The molecule has 0 amide bonds. The van der Waals surface area contributed by atoms with Gasteiger partial charge in [0.2, 0.25) is 0 Å². The van der Waals surface area contributed by atoms with E-state index in [0.717, 1.165) is 26.2 Å². The van der Waals surface area contributed by atoms with Crippen LogP contribution < -0.4 is 5.32 Å². The Bertz CT molecular complexity index is 483. The second-order valence-electron chi connectivity index (χ2n) is 4.75. The molecule has 1 atom stereocenters. The minimum Gasteiger partial charge on any atom is -0.353 e. The minimum atomic E-state index is 0.409. The van der Waals surface area contributed by atoms with E-state index in [1.54, 1.807) is 0 Å². The van der Waals surface area contributed by atoms with Crippen LogP contribution in [0.1, 0.15) is 16.6 Å². The third kappa shape index (κ3) is 2.23. The summed E-state index contributed by atoms with van der Waals surface area (Å²) in [4.78, 5) is 4.02. The molecule has 0 unspecified atom stereocenters. The Balaban J connectivity index is 1.96. The van der Waals surface area contributed by atoms with E-state index >= 15 is 0 Å². The number of hydrogen-bond donors (Lipinski definition) is 1. The molecule has 3 rings (SSSR count). The van der Waals surface area contributed by atoms with Crippen molar-refractivity contribution in [2.45, 2.75) is 6.04 Å². The fraction of sp³-hybridized carbons (Fsp3) is 0.429. The third-order valence-corrected chi connectivity index (χ3v) is 4.52. The molecule has 0 saturated carbocycles.